The summed E-state index contributed by atoms with van der Waals surface area (Å²) in [5.41, 5.74) is -0.0648. The van der Waals surface area contributed by atoms with Crippen LogP contribution in [0, 0.1) is 11.8 Å². The van der Waals surface area contributed by atoms with Crippen LogP contribution in [-0.2, 0) is 0 Å². The van der Waals surface area contributed by atoms with E-state index in [1.807, 2.05) is 0 Å². The fourth-order valence-corrected chi connectivity index (χ4v) is 19.2. The molecule has 0 spiro atoms. The predicted octanol–water partition coefficient (Wildman–Crippen LogP) is 2.49. The van der Waals surface area contributed by atoms with Crippen molar-refractivity contribution < 1.29 is 5.11 Å². The van der Waals surface area contributed by atoms with E-state index in [0.717, 1.165) is 0 Å². The summed E-state index contributed by atoms with van der Waals surface area (Å²) in [5, 5.41) is 8.86. The Labute approximate surface area is 102 Å². The van der Waals surface area contributed by atoms with Gasteiger partial charge in [0.1, 0.15) is 23.1 Å². The first-order valence-corrected chi connectivity index (χ1v) is 12.4. The van der Waals surface area contributed by atoms with Crippen molar-refractivity contribution in [2.45, 2.75) is 57.7 Å². The first kappa shape index (κ1) is 14.0. The van der Waals surface area contributed by atoms with Crippen LogP contribution in [0.3, 0.4) is 0 Å². The van der Waals surface area contributed by atoms with Crippen molar-refractivity contribution in [1.82, 2.24) is 4.23 Å². The average molecular weight is 256 g/mol. The summed E-state index contributed by atoms with van der Waals surface area (Å²) in [6, 6.07) is 2.80. The van der Waals surface area contributed by atoms with Crippen molar-refractivity contribution in [3.63, 3.8) is 0 Å². The van der Waals surface area contributed by atoms with Gasteiger partial charge < -0.3 is 9.34 Å². The molecule has 4 heteroatoms. The number of aliphatic hydroxyl groups is 1. The summed E-state index contributed by atoms with van der Waals surface area (Å²) >= 11 is 0. The lowest BCUT2D eigenvalue weighted by molar-refractivity contribution is 0.348. The lowest BCUT2D eigenvalue weighted by Crippen LogP contribution is -2.63. The van der Waals surface area contributed by atoms with E-state index in [0.29, 0.717) is 0 Å². The van der Waals surface area contributed by atoms with Gasteiger partial charge in [-0.1, -0.05) is 38.0 Å². The van der Waals surface area contributed by atoms with Crippen LogP contribution in [0.4, 0.5) is 0 Å². The molecule has 1 saturated heterocycles. The van der Waals surface area contributed by atoms with Crippen molar-refractivity contribution in [2.75, 3.05) is 6.61 Å². The van der Waals surface area contributed by atoms with E-state index in [2.05, 4.69) is 56.1 Å². The molecule has 0 unspecified atom stereocenters. The molecule has 0 aromatic carbocycles. The molecule has 0 aliphatic carbocycles. The minimum Gasteiger partial charge on any atom is -0.384 e. The molecule has 1 heterocycles. The first-order chi connectivity index (χ1) is 7.13. The monoisotopic (exact) mass is 255 g/mol. The lowest BCUT2D eigenvalue weighted by Gasteiger charge is -2.47. The van der Waals surface area contributed by atoms with Crippen molar-refractivity contribution in [3.8, 4) is 11.8 Å². The Kier molecular flexibility index (Phi) is 3.76. The highest BCUT2D eigenvalue weighted by Gasteiger charge is 2.52. The van der Waals surface area contributed by atoms with Gasteiger partial charge in [-0.15, -0.1) is 0 Å². The van der Waals surface area contributed by atoms with Gasteiger partial charge in [-0.05, 0) is 25.9 Å². The molecule has 1 aliphatic heterocycles. The van der Waals surface area contributed by atoms with Crippen molar-refractivity contribution >= 4 is 16.5 Å². The quantitative estimate of drug-likeness (QED) is 0.575. The third-order valence-corrected chi connectivity index (χ3v) is 14.2. The Balaban J connectivity index is 3.08. The van der Waals surface area contributed by atoms with Gasteiger partial charge in [0, 0.05) is 0 Å². The Bertz CT molecular complexity index is 310. The van der Waals surface area contributed by atoms with E-state index >= 15 is 0 Å². The van der Waals surface area contributed by atoms with Crippen LogP contribution in [0.5, 0.6) is 0 Å². The molecule has 1 aliphatic rings. The van der Waals surface area contributed by atoms with Crippen molar-refractivity contribution in [3.05, 3.63) is 0 Å². The Hall–Kier alpha value is -0.0862. The maximum absolute atomic E-state index is 8.86. The zero-order valence-electron chi connectivity index (χ0n) is 11.5. The topological polar surface area (TPSA) is 23.5 Å². The van der Waals surface area contributed by atoms with E-state index in [1.54, 1.807) is 0 Å². The van der Waals surface area contributed by atoms with E-state index in [-0.39, 0.29) is 12.1 Å². The van der Waals surface area contributed by atoms with E-state index in [4.69, 9.17) is 5.11 Å². The molecule has 1 rings (SSSR count). The zero-order chi connectivity index (χ0) is 12.6. The summed E-state index contributed by atoms with van der Waals surface area (Å²) in [6.45, 7) is 14.2. The normalized spacial score (nSPS) is 23.9. The summed E-state index contributed by atoms with van der Waals surface area (Å²) in [6.07, 6.45) is 0. The third-order valence-electron chi connectivity index (χ3n) is 3.59. The Morgan fingerprint density at radius 2 is 1.56 bits per heavy atom. The second-order valence-corrected chi connectivity index (χ2v) is 16.1. The Morgan fingerprint density at radius 1 is 1.12 bits per heavy atom. The smallest absolute Gasteiger partial charge is 0.116 e. The molecule has 0 aromatic heterocycles. The molecule has 0 atom stereocenters. The molecule has 1 fully saturated rings. The maximum atomic E-state index is 8.86. The summed E-state index contributed by atoms with van der Waals surface area (Å²) in [7, 11) is -2.56. The van der Waals surface area contributed by atoms with Crippen LogP contribution in [0.15, 0.2) is 0 Å². The fourth-order valence-electron chi connectivity index (χ4n) is 3.48. The largest absolute Gasteiger partial charge is 0.384 e. The molecule has 92 valence electrons. The minimum absolute atomic E-state index is 0.0265. The van der Waals surface area contributed by atoms with Crippen LogP contribution in [0.1, 0.15) is 13.8 Å². The summed E-state index contributed by atoms with van der Waals surface area (Å²) in [4.78, 5) is 0. The molecule has 0 bridgehead atoms. The minimum atomic E-state index is -1.28. The van der Waals surface area contributed by atoms with Crippen LogP contribution in [0.25, 0.3) is 0 Å². The predicted molar refractivity (Wildman–Crippen MR) is 75.4 cm³/mol. The van der Waals surface area contributed by atoms with Crippen LogP contribution >= 0.6 is 0 Å². The van der Waals surface area contributed by atoms with Gasteiger partial charge >= 0.3 is 0 Å². The van der Waals surface area contributed by atoms with E-state index in [1.165, 1.54) is 12.1 Å². The van der Waals surface area contributed by atoms with Gasteiger partial charge in [-0.2, -0.15) is 0 Å². The lowest BCUT2D eigenvalue weighted by atomic mass is 10.1. The standard InChI is InChI=1S/C12H25NOSi2/c1-12(2,8-7-9-14)13-15(3,4)10-11-16(13,5)6/h14H,9-11H2,1-6H3. The molecule has 0 radical (unpaired) electrons. The molecule has 0 aromatic rings. The Morgan fingerprint density at radius 3 is 1.94 bits per heavy atom. The average Bonchev–Trinajstić information content (AvgIpc) is 2.32. The number of aliphatic hydroxyl groups excluding tert-OH is 1. The van der Waals surface area contributed by atoms with Gasteiger partial charge in [-0.25, -0.2) is 0 Å². The van der Waals surface area contributed by atoms with Crippen molar-refractivity contribution in [2.24, 2.45) is 0 Å². The molecule has 16 heavy (non-hydrogen) atoms. The van der Waals surface area contributed by atoms with Crippen molar-refractivity contribution in [1.29, 1.82) is 0 Å². The molecular weight excluding hydrogens is 230 g/mol. The second-order valence-electron chi connectivity index (χ2n) is 6.48. The highest BCUT2D eigenvalue weighted by Crippen LogP contribution is 2.41. The van der Waals surface area contributed by atoms with Gasteiger partial charge in [0.05, 0.1) is 5.54 Å². The first-order valence-electron chi connectivity index (χ1n) is 6.05. The number of hydrogen-bond donors (Lipinski definition) is 1. The SMILES string of the molecule is CC(C)(C#CCO)N1[Si](C)(C)CC[Si]1(C)C. The van der Waals surface area contributed by atoms with Crippen LogP contribution < -0.4 is 0 Å². The highest BCUT2D eigenvalue weighted by molar-refractivity contribution is 6.95. The highest BCUT2D eigenvalue weighted by atomic mass is 28.4. The van der Waals surface area contributed by atoms with Gasteiger partial charge in [0.2, 0.25) is 0 Å². The number of nitrogens with zero attached hydrogens (tertiary/aromatic N) is 1. The second kappa shape index (κ2) is 4.30. The zero-order valence-corrected chi connectivity index (χ0v) is 13.5. The van der Waals surface area contributed by atoms with E-state index in [9.17, 15) is 0 Å². The molecular formula is C12H25NOSi2. The van der Waals surface area contributed by atoms with Crippen LogP contribution in [-0.4, -0.2) is 38.0 Å². The molecule has 2 nitrogen and oxygen atoms in total. The third kappa shape index (κ3) is 2.59. The maximum Gasteiger partial charge on any atom is 0.116 e. The number of hydrogen-bond acceptors (Lipinski definition) is 2. The molecule has 0 amide bonds. The van der Waals surface area contributed by atoms with Gasteiger partial charge in [0.15, 0.2) is 0 Å². The van der Waals surface area contributed by atoms with Gasteiger partial charge in [0.25, 0.3) is 0 Å². The number of rotatable bonds is 1. The molecule has 0 saturated carbocycles. The molecule has 1 N–H and O–H groups in total. The fraction of sp³-hybridized carbons (Fsp3) is 0.833. The van der Waals surface area contributed by atoms with Gasteiger partial charge in [-0.3, -0.25) is 0 Å². The summed E-state index contributed by atoms with van der Waals surface area (Å²) < 4.78 is 2.77. The van der Waals surface area contributed by atoms with Crippen LogP contribution in [0.2, 0.25) is 38.3 Å². The summed E-state index contributed by atoms with van der Waals surface area (Å²) in [5.74, 6) is 6.11. The van der Waals surface area contributed by atoms with E-state index < -0.39 is 16.5 Å².